The summed E-state index contributed by atoms with van der Waals surface area (Å²) in [6, 6.07) is 0.0959. The zero-order chi connectivity index (χ0) is 37.4. The maximum absolute atomic E-state index is 13.3. The van der Waals surface area contributed by atoms with Gasteiger partial charge in [-0.25, -0.2) is 0 Å². The van der Waals surface area contributed by atoms with E-state index >= 15 is 0 Å². The van der Waals surface area contributed by atoms with Crippen molar-refractivity contribution in [1.82, 2.24) is 10.2 Å². The lowest BCUT2D eigenvalue weighted by Gasteiger charge is -2.29. The van der Waals surface area contributed by atoms with Crippen LogP contribution in [0.5, 0.6) is 11.5 Å². The highest BCUT2D eigenvalue weighted by atomic mass is 16.6. The maximum Gasteiger partial charge on any atom is 0.220 e. The quantitative estimate of drug-likeness (QED) is 0.571. The van der Waals surface area contributed by atoms with Gasteiger partial charge in [0.2, 0.25) is 5.91 Å². The highest BCUT2D eigenvalue weighted by Crippen LogP contribution is 2.33. The van der Waals surface area contributed by atoms with Gasteiger partial charge < -0.3 is 24.8 Å². The molecule has 0 bridgehead atoms. The van der Waals surface area contributed by atoms with Gasteiger partial charge in [-0.15, -0.1) is 0 Å². The molecule has 6 heteroatoms. The molecule has 0 aliphatic carbocycles. The number of fused-ring (bicyclic) bond motifs is 1. The van der Waals surface area contributed by atoms with Crippen LogP contribution < -0.4 is 14.8 Å². The van der Waals surface area contributed by atoms with Gasteiger partial charge in [-0.2, -0.15) is 0 Å². The van der Waals surface area contributed by atoms with E-state index in [1.807, 2.05) is 5.32 Å². The fraction of sp³-hybridized carbons (Fsp3) is 0.696. The number of rotatable bonds is 11. The SMILES string of the molecule is [2H]C([2H])([2H])C([2H])([2H])C([2H])([2H])C([2H])([2H])C([2H])([2H])C([2H])([2H])CC(=O)N[C@]([2H])(CN1CCCC1)[C@]([2H])(O)c1ccc2c(c1)OC([2H])([2H])C([2H])([2H])O2. The molecule has 1 aromatic carbocycles. The normalized spacial score (nSPS) is 36.7. The van der Waals surface area contributed by atoms with E-state index in [9.17, 15) is 9.90 Å². The molecule has 29 heavy (non-hydrogen) atoms. The monoisotopic (exact) mass is 423 g/mol. The van der Waals surface area contributed by atoms with Crippen molar-refractivity contribution in [1.29, 1.82) is 0 Å². The van der Waals surface area contributed by atoms with Crippen LogP contribution >= 0.6 is 0 Å². The number of carbonyl (C=O) groups excluding carboxylic acids is 1. The number of hydrogen-bond acceptors (Lipinski definition) is 5. The second-order valence-corrected chi connectivity index (χ2v) is 6.28. The van der Waals surface area contributed by atoms with Crippen molar-refractivity contribution >= 4 is 5.91 Å². The summed E-state index contributed by atoms with van der Waals surface area (Å²) in [5, 5.41) is 13.5. The van der Waals surface area contributed by atoms with Gasteiger partial charge in [0, 0.05) is 30.8 Å². The second-order valence-electron chi connectivity index (χ2n) is 6.28. The molecular formula is C23H36N2O4. The highest BCUT2D eigenvalue weighted by Gasteiger charge is 2.27. The molecule has 2 heterocycles. The predicted molar refractivity (Wildman–Crippen MR) is 113 cm³/mol. The molecule has 2 atom stereocenters. The minimum atomic E-state index is -4.22. The summed E-state index contributed by atoms with van der Waals surface area (Å²) in [4.78, 5) is 14.9. The molecule has 0 aromatic heterocycles. The van der Waals surface area contributed by atoms with Gasteiger partial charge in [0.15, 0.2) is 11.5 Å². The van der Waals surface area contributed by atoms with Gasteiger partial charge in [0.25, 0.3) is 0 Å². The van der Waals surface area contributed by atoms with Crippen LogP contribution in [0.1, 0.15) is 95.7 Å². The van der Waals surface area contributed by atoms with Gasteiger partial charge in [-0.3, -0.25) is 4.79 Å². The number of hydrogen-bond donors (Lipinski definition) is 2. The largest absolute Gasteiger partial charge is 0.486 e. The Morgan fingerprint density at radius 3 is 2.83 bits per heavy atom. The Morgan fingerprint density at radius 2 is 2.03 bits per heavy atom. The van der Waals surface area contributed by atoms with Crippen molar-refractivity contribution in [3.05, 3.63) is 23.8 Å². The summed E-state index contributed by atoms with van der Waals surface area (Å²) < 4.78 is 161. The van der Waals surface area contributed by atoms with Crippen LogP contribution in [0.25, 0.3) is 0 Å². The first-order chi connectivity index (χ1) is 21.2. The van der Waals surface area contributed by atoms with Crippen LogP contribution in [0.4, 0.5) is 0 Å². The van der Waals surface area contributed by atoms with Crippen LogP contribution in [-0.4, -0.2) is 54.7 Å². The first-order valence-electron chi connectivity index (χ1n) is 18.5. The van der Waals surface area contributed by atoms with Crippen LogP contribution in [0, 0.1) is 0 Å². The third-order valence-corrected chi connectivity index (χ3v) is 4.26. The average Bonchev–Trinajstić information content (AvgIpc) is 3.39. The molecule has 2 aliphatic heterocycles. The zero-order valence-corrected chi connectivity index (χ0v) is 15.6. The summed E-state index contributed by atoms with van der Waals surface area (Å²) in [5.41, 5.74) is -0.493. The lowest BCUT2D eigenvalue weighted by atomic mass is 10.0. The van der Waals surface area contributed by atoms with Gasteiger partial charge >= 0.3 is 0 Å². The molecule has 162 valence electrons. The molecule has 1 aromatic rings. The Kier molecular flexibility index (Phi) is 3.16. The van der Waals surface area contributed by atoms with E-state index < -0.39 is 94.1 Å². The summed E-state index contributed by atoms with van der Waals surface area (Å²) >= 11 is 0. The summed E-state index contributed by atoms with van der Waals surface area (Å²) in [6.07, 6.45) is -23.8. The number of amides is 1. The second kappa shape index (κ2) is 11.4. The lowest BCUT2D eigenvalue weighted by molar-refractivity contribution is -0.123. The third-order valence-electron chi connectivity index (χ3n) is 4.26. The molecule has 0 radical (unpaired) electrons. The average molecular weight is 424 g/mol. The number of nitrogens with one attached hydrogen (secondary N) is 1. The summed E-state index contributed by atoms with van der Waals surface area (Å²) in [5.74, 6) is -2.35. The summed E-state index contributed by atoms with van der Waals surface area (Å²) in [7, 11) is 0. The van der Waals surface area contributed by atoms with Crippen molar-refractivity contribution in [3.8, 4) is 11.5 Å². The van der Waals surface area contributed by atoms with E-state index in [0.29, 0.717) is 25.9 Å². The molecule has 2 N–H and O–H groups in total. The van der Waals surface area contributed by atoms with Crippen molar-refractivity contribution in [2.45, 2.75) is 70.1 Å². The van der Waals surface area contributed by atoms with E-state index in [4.69, 9.17) is 35.5 Å². The topological polar surface area (TPSA) is 71.0 Å². The summed E-state index contributed by atoms with van der Waals surface area (Å²) in [6.45, 7) is -9.65. The number of likely N-dealkylation sites (tertiary alicyclic amines) is 1. The Hall–Kier alpha value is -1.79. The smallest absolute Gasteiger partial charge is 0.220 e. The number of aliphatic hydroxyl groups is 1. The molecule has 1 saturated heterocycles. The molecule has 1 fully saturated rings. The van der Waals surface area contributed by atoms with Gasteiger partial charge in [0.1, 0.15) is 19.2 Å². The number of ether oxygens (including phenoxy) is 2. The molecule has 2 aliphatic rings. The van der Waals surface area contributed by atoms with Crippen LogP contribution in [0.15, 0.2) is 18.2 Å². The fourth-order valence-corrected chi connectivity index (χ4v) is 2.93. The van der Waals surface area contributed by atoms with E-state index in [2.05, 4.69) is 0 Å². The predicted octanol–water partition coefficient (Wildman–Crippen LogP) is 3.43. The Labute approximate surface area is 201 Å². The Bertz CT molecular complexity index is 1380. The van der Waals surface area contributed by atoms with Crippen LogP contribution in [-0.2, 0) is 4.79 Å². The first kappa shape index (κ1) is 8.04. The van der Waals surface area contributed by atoms with Gasteiger partial charge in [0.05, 0.1) is 14.2 Å². The van der Waals surface area contributed by atoms with Crippen molar-refractivity contribution < 1.29 is 45.4 Å². The highest BCUT2D eigenvalue weighted by molar-refractivity contribution is 5.76. The molecule has 3 rings (SSSR count). The standard InChI is InChI=1S/C23H36N2O4/c1-2-3-4-5-6-9-22(26)24-19(17-25-12-7-8-13-25)23(27)18-10-11-20-21(16-18)29-15-14-28-20/h10-11,16,19,23,27H,2-9,12-15,17H2,1H3,(H,24,26)/t19-,23-/m1/s1/i1D3,2D2,3D2,4D2,5D2,6D2,14D2,15D2,19D,23D. The van der Waals surface area contributed by atoms with E-state index in [0.717, 1.165) is 18.2 Å². The minimum Gasteiger partial charge on any atom is -0.486 e. The van der Waals surface area contributed by atoms with Crippen LogP contribution in [0.2, 0.25) is 0 Å². The van der Waals surface area contributed by atoms with Gasteiger partial charge in [-0.1, -0.05) is 38.4 Å². The number of benzene rings is 1. The molecular weight excluding hydrogens is 368 g/mol. The Balaban J connectivity index is 1.99. The Morgan fingerprint density at radius 1 is 1.28 bits per heavy atom. The molecule has 0 spiro atoms. The first-order valence-corrected chi connectivity index (χ1v) is 8.99. The fourth-order valence-electron chi connectivity index (χ4n) is 2.93. The molecule has 1 amide bonds. The van der Waals surface area contributed by atoms with Crippen molar-refractivity contribution in [2.75, 3.05) is 32.8 Å². The number of nitrogens with zero attached hydrogens (tertiary/aromatic N) is 1. The van der Waals surface area contributed by atoms with E-state index in [-0.39, 0.29) is 5.75 Å². The maximum atomic E-state index is 13.3. The van der Waals surface area contributed by atoms with Crippen LogP contribution in [0.3, 0.4) is 0 Å². The lowest BCUT2D eigenvalue weighted by Crippen LogP contribution is -2.46. The molecule has 6 nitrogen and oxygen atoms in total. The molecule has 0 saturated carbocycles. The minimum absolute atomic E-state index is 0.318. The van der Waals surface area contributed by atoms with Crippen molar-refractivity contribution in [2.24, 2.45) is 0 Å². The van der Waals surface area contributed by atoms with Gasteiger partial charge in [-0.05, 0) is 50.0 Å². The van der Waals surface area contributed by atoms with Crippen molar-refractivity contribution in [3.63, 3.8) is 0 Å². The zero-order valence-electron chi connectivity index (χ0n) is 34.6. The molecule has 0 unspecified atom stereocenters. The van der Waals surface area contributed by atoms with E-state index in [1.54, 1.807) is 4.90 Å². The van der Waals surface area contributed by atoms with E-state index in [1.165, 1.54) is 0 Å². The third kappa shape index (κ3) is 6.61. The number of carbonyl (C=O) groups is 1.